The van der Waals surface area contributed by atoms with Gasteiger partial charge in [-0.3, -0.25) is 0 Å². The molecule has 0 spiro atoms. The summed E-state index contributed by atoms with van der Waals surface area (Å²) in [7, 11) is 0. The first-order chi connectivity index (χ1) is 10.2. The normalized spacial score (nSPS) is 13.8. The van der Waals surface area contributed by atoms with Crippen molar-refractivity contribution in [1.82, 2.24) is 0 Å². The van der Waals surface area contributed by atoms with Gasteiger partial charge in [-0.2, -0.15) is 5.26 Å². The molecule has 1 aromatic carbocycles. The third-order valence-corrected chi connectivity index (χ3v) is 2.51. The average molecular weight is 445 g/mol. The van der Waals surface area contributed by atoms with Crippen LogP contribution in [-0.4, -0.2) is 19.5 Å². The van der Waals surface area contributed by atoms with Crippen LogP contribution in [0.4, 0.5) is 16.9 Å². The van der Waals surface area contributed by atoms with Crippen LogP contribution >= 0.6 is 0 Å². The van der Waals surface area contributed by atoms with E-state index in [4.69, 9.17) is 5.26 Å². The van der Waals surface area contributed by atoms with Crippen molar-refractivity contribution in [2.45, 2.75) is 13.5 Å². The molecule has 126 valence electrons. The zero-order valence-corrected chi connectivity index (χ0v) is 14.5. The number of aryl methyl sites for hydroxylation is 1. The van der Waals surface area contributed by atoms with Crippen molar-refractivity contribution in [3.05, 3.63) is 65.5 Å². The van der Waals surface area contributed by atoms with Gasteiger partial charge in [-0.05, 0) is 6.92 Å². The summed E-state index contributed by atoms with van der Waals surface area (Å²) >= 11 is -11.2. The summed E-state index contributed by atoms with van der Waals surface area (Å²) in [6.07, 6.45) is 3.86. The fourth-order valence-electron chi connectivity index (χ4n) is 1.54. The molecular weight excluding hydrogens is 432 g/mol. The zero-order chi connectivity index (χ0) is 17.8. The van der Waals surface area contributed by atoms with Crippen molar-refractivity contribution >= 4 is 19.5 Å². The van der Waals surface area contributed by atoms with E-state index in [1.54, 1.807) is 0 Å². The zero-order valence-electron chi connectivity index (χ0n) is 11.9. The molecule has 0 unspecified atom stereocenters. The number of hydrogen-bond donors (Lipinski definition) is 0. The van der Waals surface area contributed by atoms with Gasteiger partial charge in [-0.25, -0.2) is 4.57 Å². The molecule has 1 aromatic heterocycles. The van der Waals surface area contributed by atoms with Crippen molar-refractivity contribution in [1.29, 1.82) is 5.26 Å². The molecule has 2 rings (SSSR count). The molecule has 0 N–H and O–H groups in total. The molecule has 0 saturated carbocycles. The van der Waals surface area contributed by atoms with Crippen molar-refractivity contribution < 1.29 is 21.4 Å². The van der Waals surface area contributed by atoms with Gasteiger partial charge < -0.3 is 0 Å². The van der Waals surface area contributed by atoms with Crippen LogP contribution in [0, 0.1) is 18.3 Å². The number of rotatable bonds is 2. The van der Waals surface area contributed by atoms with E-state index in [0.717, 1.165) is 6.54 Å². The molecule has 9 heteroatoms. The van der Waals surface area contributed by atoms with Crippen LogP contribution in [0.25, 0.3) is 0 Å². The first-order valence-corrected chi connectivity index (χ1v) is 12.0. The maximum absolute atomic E-state index is 11.2. The van der Waals surface area contributed by atoms with E-state index < -0.39 is 19.5 Å². The summed E-state index contributed by atoms with van der Waals surface area (Å²) in [6, 6.07) is 14.2. The third kappa shape index (κ3) is 11.5. The Kier molecular flexibility index (Phi) is 5.07. The molecule has 0 radical (unpaired) electrons. The van der Waals surface area contributed by atoms with Gasteiger partial charge in [0.2, 0.25) is 0 Å². The van der Waals surface area contributed by atoms with Crippen LogP contribution in [0.1, 0.15) is 16.7 Å². The molecule has 2 nitrogen and oxygen atoms in total. The third-order valence-electron chi connectivity index (χ3n) is 2.51. The van der Waals surface area contributed by atoms with Crippen molar-refractivity contribution in [3.8, 4) is 6.07 Å². The fraction of sp³-hybridized carbons (Fsp3) is 0.143. The van der Waals surface area contributed by atoms with Gasteiger partial charge in [0.05, 0.1) is 11.6 Å². The Hall–Kier alpha value is -1.74. The SMILES string of the molecule is Cc1ccc(C[n+]2ccc(C#N)cc2)cc1.[F][Sb-]([F])([F])([F])([F])[F]. The van der Waals surface area contributed by atoms with Crippen LogP contribution in [0.5, 0.6) is 0 Å². The number of nitrogens with zero attached hydrogens (tertiary/aromatic N) is 2. The number of aromatic nitrogens is 1. The minimum atomic E-state index is -11.2. The first kappa shape index (κ1) is 19.3. The summed E-state index contributed by atoms with van der Waals surface area (Å²) < 4.78 is 61.6. The fourth-order valence-corrected chi connectivity index (χ4v) is 1.54. The van der Waals surface area contributed by atoms with Gasteiger partial charge in [0, 0.05) is 17.7 Å². The van der Waals surface area contributed by atoms with Crippen LogP contribution in [0.15, 0.2) is 48.8 Å². The molecule has 0 bridgehead atoms. The standard InChI is InChI=1S/C14H13N2.6FH.Sb/c1-12-2-4-14(5-3-12)11-16-8-6-13(10-15)7-9-16;;;;;;;/h2-9H,11H2,1H3;6*1H;/q+1;;;;;;;+5/p-6. The van der Waals surface area contributed by atoms with E-state index in [1.807, 2.05) is 24.5 Å². The summed E-state index contributed by atoms with van der Waals surface area (Å²) in [5.41, 5.74) is 3.23. The van der Waals surface area contributed by atoms with Crippen molar-refractivity contribution in [3.63, 3.8) is 0 Å². The summed E-state index contributed by atoms with van der Waals surface area (Å²) in [4.78, 5) is 0. The predicted octanol–water partition coefficient (Wildman–Crippen LogP) is 4.34. The molecule has 0 saturated heterocycles. The Labute approximate surface area is 131 Å². The second-order valence-electron chi connectivity index (χ2n) is 4.81. The summed E-state index contributed by atoms with van der Waals surface area (Å²) in [5, 5.41) is 8.69. The van der Waals surface area contributed by atoms with E-state index >= 15 is 0 Å². The number of halogens is 6. The molecular formula is C14H13F6N2Sb. The van der Waals surface area contributed by atoms with Gasteiger partial charge in [0.25, 0.3) is 0 Å². The second-order valence-corrected chi connectivity index (χ2v) is 10.3. The number of hydrogen-bond acceptors (Lipinski definition) is 1. The molecule has 0 atom stereocenters. The van der Waals surface area contributed by atoms with Crippen molar-refractivity contribution in [2.75, 3.05) is 0 Å². The minimum absolute atomic E-state index is 0.695. The van der Waals surface area contributed by atoms with E-state index in [2.05, 4.69) is 41.8 Å². The molecule has 0 aliphatic heterocycles. The molecule has 1 heterocycles. The second kappa shape index (κ2) is 6.04. The van der Waals surface area contributed by atoms with E-state index in [9.17, 15) is 16.9 Å². The molecule has 0 fully saturated rings. The predicted molar refractivity (Wildman–Crippen MR) is 74.0 cm³/mol. The number of nitriles is 1. The molecule has 23 heavy (non-hydrogen) atoms. The van der Waals surface area contributed by atoms with Gasteiger partial charge in [0.1, 0.15) is 0 Å². The quantitative estimate of drug-likeness (QED) is 0.384. The Balaban J connectivity index is 0.000000322. The molecule has 0 aliphatic carbocycles. The van der Waals surface area contributed by atoms with Crippen LogP contribution in [0.3, 0.4) is 0 Å². The van der Waals surface area contributed by atoms with Crippen molar-refractivity contribution in [2.24, 2.45) is 0 Å². The Morgan fingerprint density at radius 2 is 1.35 bits per heavy atom. The first-order valence-electron chi connectivity index (χ1n) is 6.24. The van der Waals surface area contributed by atoms with Gasteiger partial charge >= 0.3 is 36.4 Å². The Morgan fingerprint density at radius 3 is 1.74 bits per heavy atom. The summed E-state index contributed by atoms with van der Waals surface area (Å²) in [6.45, 7) is 2.92. The van der Waals surface area contributed by atoms with E-state index in [1.165, 1.54) is 11.1 Å². The van der Waals surface area contributed by atoms with Crippen LogP contribution < -0.4 is 4.57 Å². The molecule has 0 aliphatic rings. The number of benzene rings is 1. The molecule has 0 amide bonds. The summed E-state index contributed by atoms with van der Waals surface area (Å²) in [5.74, 6) is 0. The van der Waals surface area contributed by atoms with Gasteiger partial charge in [0.15, 0.2) is 18.9 Å². The monoisotopic (exact) mass is 444 g/mol. The van der Waals surface area contributed by atoms with E-state index in [-0.39, 0.29) is 0 Å². The Morgan fingerprint density at radius 1 is 0.913 bits per heavy atom. The maximum atomic E-state index is 9.93. The van der Waals surface area contributed by atoms with Crippen LogP contribution in [0.2, 0.25) is 0 Å². The topological polar surface area (TPSA) is 27.7 Å². The van der Waals surface area contributed by atoms with E-state index in [0.29, 0.717) is 5.56 Å². The van der Waals surface area contributed by atoms with Crippen LogP contribution in [-0.2, 0) is 6.54 Å². The van der Waals surface area contributed by atoms with Gasteiger partial charge in [-0.15, -0.1) is 0 Å². The Bertz CT molecular complexity index is 689. The average Bonchev–Trinajstić information content (AvgIpc) is 2.39. The number of pyridine rings is 1. The molecule has 2 aromatic rings. The van der Waals surface area contributed by atoms with Gasteiger partial charge in [-0.1, -0.05) is 29.8 Å².